The van der Waals surface area contributed by atoms with Crippen LogP contribution in [-0.4, -0.2) is 17.4 Å². The van der Waals surface area contributed by atoms with Gasteiger partial charge in [0, 0.05) is 22.6 Å². The normalized spacial score (nSPS) is 10.4. The third kappa shape index (κ3) is 4.63. The van der Waals surface area contributed by atoms with Gasteiger partial charge in [-0.1, -0.05) is 11.6 Å². The molecule has 6 heteroatoms. The molecular weight excluding hydrogens is 282 g/mol. The number of anilines is 1. The van der Waals surface area contributed by atoms with E-state index in [0.29, 0.717) is 11.6 Å². The van der Waals surface area contributed by atoms with E-state index in [2.05, 4.69) is 15.6 Å². The van der Waals surface area contributed by atoms with Gasteiger partial charge in [0.05, 0.1) is 17.2 Å². The van der Waals surface area contributed by atoms with Crippen LogP contribution < -0.4 is 10.6 Å². The first-order valence-corrected chi connectivity index (χ1v) is 7.06. The molecule has 100 valence electrons. The summed E-state index contributed by atoms with van der Waals surface area (Å²) in [6.45, 7) is 2.80. The van der Waals surface area contributed by atoms with Crippen molar-refractivity contribution in [2.24, 2.45) is 0 Å². The fourth-order valence-corrected chi connectivity index (χ4v) is 2.27. The fraction of sp³-hybridized carbons (Fsp3) is 0.231. The number of benzene rings is 1. The summed E-state index contributed by atoms with van der Waals surface area (Å²) < 4.78 is 0. The number of thiazole rings is 1. The third-order valence-electron chi connectivity index (χ3n) is 2.39. The number of carbonyl (C=O) groups is 1. The van der Waals surface area contributed by atoms with Crippen LogP contribution in [-0.2, 0) is 11.3 Å². The monoisotopic (exact) mass is 295 g/mol. The highest BCUT2D eigenvalue weighted by Gasteiger charge is 2.03. The summed E-state index contributed by atoms with van der Waals surface area (Å²) in [6.07, 6.45) is 0. The minimum atomic E-state index is -0.0886. The summed E-state index contributed by atoms with van der Waals surface area (Å²) in [4.78, 5) is 16.0. The second kappa shape index (κ2) is 6.65. The number of halogens is 1. The lowest BCUT2D eigenvalue weighted by molar-refractivity contribution is -0.115. The highest BCUT2D eigenvalue weighted by molar-refractivity contribution is 7.09. The van der Waals surface area contributed by atoms with Crippen LogP contribution in [0.3, 0.4) is 0 Å². The fourth-order valence-electron chi connectivity index (χ4n) is 1.53. The Morgan fingerprint density at radius 3 is 2.74 bits per heavy atom. The quantitative estimate of drug-likeness (QED) is 0.892. The summed E-state index contributed by atoms with van der Waals surface area (Å²) in [5.74, 6) is -0.0886. The number of hydrogen-bond donors (Lipinski definition) is 2. The number of aryl methyl sites for hydroxylation is 1. The zero-order valence-corrected chi connectivity index (χ0v) is 12.0. The SMILES string of the molecule is Cc1nc(CNCC(=O)Nc2ccc(Cl)cc2)cs1. The molecule has 0 unspecified atom stereocenters. The first kappa shape index (κ1) is 14.0. The predicted octanol–water partition coefficient (Wildman–Crippen LogP) is 2.83. The van der Waals surface area contributed by atoms with Crippen LogP contribution in [0.4, 0.5) is 5.69 Å². The second-order valence-corrected chi connectivity index (χ2v) is 5.52. The number of amides is 1. The molecule has 0 spiro atoms. The van der Waals surface area contributed by atoms with Crippen molar-refractivity contribution < 1.29 is 4.79 Å². The Labute approximate surface area is 120 Å². The van der Waals surface area contributed by atoms with Gasteiger partial charge >= 0.3 is 0 Å². The standard InChI is InChI=1S/C13H14ClN3OS/c1-9-16-12(8-19-9)6-15-7-13(18)17-11-4-2-10(14)3-5-11/h2-5,8,15H,6-7H2,1H3,(H,17,18). The van der Waals surface area contributed by atoms with Gasteiger partial charge < -0.3 is 10.6 Å². The first-order valence-electron chi connectivity index (χ1n) is 5.80. The number of carbonyl (C=O) groups excluding carboxylic acids is 1. The number of nitrogens with zero attached hydrogens (tertiary/aromatic N) is 1. The molecule has 1 heterocycles. The Bertz CT molecular complexity index is 553. The van der Waals surface area contributed by atoms with Crippen molar-refractivity contribution in [2.45, 2.75) is 13.5 Å². The van der Waals surface area contributed by atoms with Crippen molar-refractivity contribution in [3.8, 4) is 0 Å². The van der Waals surface area contributed by atoms with E-state index in [-0.39, 0.29) is 12.5 Å². The second-order valence-electron chi connectivity index (χ2n) is 4.02. The maximum Gasteiger partial charge on any atom is 0.238 e. The molecule has 4 nitrogen and oxygen atoms in total. The third-order valence-corrected chi connectivity index (χ3v) is 3.46. The summed E-state index contributed by atoms with van der Waals surface area (Å²) in [7, 11) is 0. The van der Waals surface area contributed by atoms with Gasteiger partial charge in [0.15, 0.2) is 0 Å². The number of rotatable bonds is 5. The Balaban J connectivity index is 1.74. The van der Waals surface area contributed by atoms with Crippen LogP contribution in [0.25, 0.3) is 0 Å². The van der Waals surface area contributed by atoms with E-state index in [4.69, 9.17) is 11.6 Å². The summed E-state index contributed by atoms with van der Waals surface area (Å²) in [6, 6.07) is 7.01. The van der Waals surface area contributed by atoms with Gasteiger partial charge in [-0.3, -0.25) is 4.79 Å². The van der Waals surface area contributed by atoms with E-state index in [9.17, 15) is 4.79 Å². The molecule has 1 amide bonds. The van der Waals surface area contributed by atoms with Gasteiger partial charge in [-0.05, 0) is 31.2 Å². The van der Waals surface area contributed by atoms with Crippen LogP contribution >= 0.6 is 22.9 Å². The van der Waals surface area contributed by atoms with E-state index < -0.39 is 0 Å². The molecule has 0 radical (unpaired) electrons. The molecule has 0 aliphatic carbocycles. The number of hydrogen-bond acceptors (Lipinski definition) is 4. The van der Waals surface area contributed by atoms with Crippen molar-refractivity contribution in [3.63, 3.8) is 0 Å². The van der Waals surface area contributed by atoms with Crippen LogP contribution in [0.2, 0.25) is 5.02 Å². The zero-order chi connectivity index (χ0) is 13.7. The Kier molecular flexibility index (Phi) is 4.90. The molecule has 2 aromatic rings. The Morgan fingerprint density at radius 2 is 2.11 bits per heavy atom. The highest BCUT2D eigenvalue weighted by atomic mass is 35.5. The van der Waals surface area contributed by atoms with Crippen LogP contribution in [0.1, 0.15) is 10.7 Å². The summed E-state index contributed by atoms with van der Waals surface area (Å²) in [5.41, 5.74) is 1.70. The van der Waals surface area contributed by atoms with Gasteiger partial charge in [-0.15, -0.1) is 11.3 Å². The van der Waals surface area contributed by atoms with Crippen molar-refractivity contribution in [1.29, 1.82) is 0 Å². The Hall–Kier alpha value is -1.43. The van der Waals surface area contributed by atoms with E-state index in [0.717, 1.165) is 16.4 Å². The minimum Gasteiger partial charge on any atom is -0.325 e. The maximum absolute atomic E-state index is 11.7. The van der Waals surface area contributed by atoms with Crippen molar-refractivity contribution >= 4 is 34.5 Å². The van der Waals surface area contributed by atoms with Gasteiger partial charge in [-0.25, -0.2) is 4.98 Å². The molecule has 0 aliphatic rings. The van der Waals surface area contributed by atoms with Crippen LogP contribution in [0.15, 0.2) is 29.6 Å². The highest BCUT2D eigenvalue weighted by Crippen LogP contribution is 2.13. The first-order chi connectivity index (χ1) is 9.13. The molecule has 0 saturated heterocycles. The number of nitrogens with one attached hydrogen (secondary N) is 2. The molecule has 0 atom stereocenters. The lowest BCUT2D eigenvalue weighted by atomic mass is 10.3. The summed E-state index contributed by atoms with van der Waals surface area (Å²) >= 11 is 7.37. The largest absolute Gasteiger partial charge is 0.325 e. The summed E-state index contributed by atoms with van der Waals surface area (Å²) in [5, 5.41) is 9.50. The molecule has 2 rings (SSSR count). The van der Waals surface area contributed by atoms with Crippen molar-refractivity contribution in [2.75, 3.05) is 11.9 Å². The van der Waals surface area contributed by atoms with Crippen LogP contribution in [0.5, 0.6) is 0 Å². The van der Waals surface area contributed by atoms with Crippen molar-refractivity contribution in [1.82, 2.24) is 10.3 Å². The maximum atomic E-state index is 11.7. The van der Waals surface area contributed by atoms with Gasteiger partial charge in [0.2, 0.25) is 5.91 Å². The number of aromatic nitrogens is 1. The Morgan fingerprint density at radius 1 is 1.37 bits per heavy atom. The van der Waals surface area contributed by atoms with E-state index in [1.807, 2.05) is 12.3 Å². The minimum absolute atomic E-state index is 0.0886. The molecule has 0 bridgehead atoms. The van der Waals surface area contributed by atoms with Gasteiger partial charge in [0.1, 0.15) is 0 Å². The zero-order valence-electron chi connectivity index (χ0n) is 10.4. The lowest BCUT2D eigenvalue weighted by Crippen LogP contribution is -2.27. The molecule has 0 aliphatic heterocycles. The van der Waals surface area contributed by atoms with Gasteiger partial charge in [-0.2, -0.15) is 0 Å². The molecule has 19 heavy (non-hydrogen) atoms. The molecule has 1 aromatic carbocycles. The van der Waals surface area contributed by atoms with Crippen LogP contribution in [0, 0.1) is 6.92 Å². The molecule has 0 fully saturated rings. The van der Waals surface area contributed by atoms with E-state index >= 15 is 0 Å². The van der Waals surface area contributed by atoms with Gasteiger partial charge in [0.25, 0.3) is 0 Å². The molecule has 1 aromatic heterocycles. The molecule has 2 N–H and O–H groups in total. The molecular formula is C13H14ClN3OS. The van der Waals surface area contributed by atoms with Crippen molar-refractivity contribution in [3.05, 3.63) is 45.4 Å². The predicted molar refractivity (Wildman–Crippen MR) is 78.6 cm³/mol. The van der Waals surface area contributed by atoms with E-state index in [1.54, 1.807) is 35.6 Å². The lowest BCUT2D eigenvalue weighted by Gasteiger charge is -2.05. The van der Waals surface area contributed by atoms with E-state index in [1.165, 1.54) is 0 Å². The molecule has 0 saturated carbocycles. The average molecular weight is 296 g/mol. The average Bonchev–Trinajstić information content (AvgIpc) is 2.78. The smallest absolute Gasteiger partial charge is 0.238 e. The topological polar surface area (TPSA) is 54.0 Å².